The second kappa shape index (κ2) is 10.2. The monoisotopic (exact) mass is 487 g/mol. The molecule has 2 aliphatic heterocycles. The van der Waals surface area contributed by atoms with E-state index in [-0.39, 0.29) is 12.0 Å². The zero-order valence-corrected chi connectivity index (χ0v) is 20.5. The van der Waals surface area contributed by atoms with E-state index >= 15 is 0 Å². The van der Waals surface area contributed by atoms with E-state index < -0.39 is 10.0 Å². The molecule has 1 unspecified atom stereocenters. The second-order valence-electron chi connectivity index (χ2n) is 9.28. The van der Waals surface area contributed by atoms with Crippen molar-refractivity contribution in [2.24, 2.45) is 0 Å². The smallest absolute Gasteiger partial charge is 0.227 e. The Bertz CT molecular complexity index is 1220. The fraction of sp³-hybridized carbons (Fsp3) is 0.583. The predicted molar refractivity (Wildman–Crippen MR) is 131 cm³/mol. The summed E-state index contributed by atoms with van der Waals surface area (Å²) in [6, 6.07) is 4.18. The van der Waals surface area contributed by atoms with Gasteiger partial charge in [0, 0.05) is 43.4 Å². The average Bonchev–Trinajstić information content (AvgIpc) is 3.34. The third-order valence-corrected chi connectivity index (χ3v) is 8.88. The molecule has 0 aromatic carbocycles. The topological polar surface area (TPSA) is 101 Å². The number of hydrogen-bond acceptors (Lipinski definition) is 7. The second-order valence-corrected chi connectivity index (χ2v) is 11.2. The van der Waals surface area contributed by atoms with Crippen LogP contribution in [0.2, 0.25) is 0 Å². The lowest BCUT2D eigenvalue weighted by Gasteiger charge is -2.36. The third kappa shape index (κ3) is 4.96. The van der Waals surface area contributed by atoms with Gasteiger partial charge in [-0.1, -0.05) is 0 Å². The highest BCUT2D eigenvalue weighted by atomic mass is 32.2. The van der Waals surface area contributed by atoms with Crippen molar-refractivity contribution in [3.8, 4) is 0 Å². The van der Waals surface area contributed by atoms with Gasteiger partial charge in [-0.2, -0.15) is 4.31 Å². The molecule has 0 amide bonds. The Kier molecular flexibility index (Phi) is 7.12. The molecule has 0 radical (unpaired) electrons. The van der Waals surface area contributed by atoms with E-state index in [0.29, 0.717) is 32.2 Å². The molecule has 184 valence electrons. The van der Waals surface area contributed by atoms with Crippen LogP contribution in [0, 0.1) is 0 Å². The van der Waals surface area contributed by atoms with Crippen LogP contribution in [0.25, 0.3) is 21.9 Å². The van der Waals surface area contributed by atoms with E-state index in [2.05, 4.69) is 25.9 Å². The normalized spacial score (nSPS) is 21.5. The van der Waals surface area contributed by atoms with Gasteiger partial charge in [-0.3, -0.25) is 4.90 Å². The van der Waals surface area contributed by atoms with Gasteiger partial charge in [0.05, 0.1) is 31.0 Å². The number of rotatable bonds is 8. The minimum Gasteiger partial charge on any atom is -0.382 e. The van der Waals surface area contributed by atoms with Gasteiger partial charge in [0.25, 0.3) is 0 Å². The largest absolute Gasteiger partial charge is 0.382 e. The Morgan fingerprint density at radius 3 is 2.79 bits per heavy atom. The number of aromatic nitrogens is 3. The third-order valence-electron chi connectivity index (χ3n) is 7.07. The fourth-order valence-electron chi connectivity index (χ4n) is 5.30. The zero-order valence-electron chi connectivity index (χ0n) is 19.6. The molecule has 2 fully saturated rings. The molecule has 5 rings (SSSR count). The van der Waals surface area contributed by atoms with Crippen LogP contribution in [0.5, 0.6) is 0 Å². The first kappa shape index (κ1) is 23.6. The van der Waals surface area contributed by atoms with Gasteiger partial charge >= 0.3 is 0 Å². The van der Waals surface area contributed by atoms with Crippen molar-refractivity contribution in [2.75, 3.05) is 52.4 Å². The predicted octanol–water partition coefficient (Wildman–Crippen LogP) is 2.71. The summed E-state index contributed by atoms with van der Waals surface area (Å²) in [5.41, 5.74) is 3.07. The zero-order chi connectivity index (χ0) is 23.5. The fourth-order valence-corrected chi connectivity index (χ4v) is 6.99. The number of methoxy groups -OCH3 is 1. The summed E-state index contributed by atoms with van der Waals surface area (Å²) < 4.78 is 38.8. The Labute approximate surface area is 200 Å². The number of ether oxygens (including phenoxy) is 2. The van der Waals surface area contributed by atoms with Crippen LogP contribution in [0.4, 0.5) is 0 Å². The molecule has 5 heterocycles. The minimum absolute atomic E-state index is 0.0513. The van der Waals surface area contributed by atoms with Crippen molar-refractivity contribution in [1.29, 1.82) is 0 Å². The number of fused-ring (bicyclic) bond motifs is 3. The number of sulfonamides is 1. The van der Waals surface area contributed by atoms with Crippen molar-refractivity contribution in [1.82, 2.24) is 24.2 Å². The van der Waals surface area contributed by atoms with Crippen LogP contribution in [0.1, 0.15) is 37.2 Å². The Hall–Kier alpha value is -2.11. The van der Waals surface area contributed by atoms with Gasteiger partial charge < -0.3 is 14.5 Å². The highest BCUT2D eigenvalue weighted by Crippen LogP contribution is 2.35. The molecule has 1 N–H and O–H groups in total. The molecule has 0 aliphatic carbocycles. The first-order valence-electron chi connectivity index (χ1n) is 12.1. The van der Waals surface area contributed by atoms with Crippen molar-refractivity contribution >= 4 is 32.0 Å². The molecule has 0 bridgehead atoms. The summed E-state index contributed by atoms with van der Waals surface area (Å²) in [5, 5.41) is 2.26. The molecule has 1 atom stereocenters. The van der Waals surface area contributed by atoms with E-state index in [1.165, 1.54) is 10.9 Å². The maximum absolute atomic E-state index is 13.2. The van der Waals surface area contributed by atoms with Crippen LogP contribution < -0.4 is 0 Å². The lowest BCUT2D eigenvalue weighted by molar-refractivity contribution is -0.00672. The number of aromatic amines is 1. The molecule has 2 saturated heterocycles. The first-order chi connectivity index (χ1) is 16.5. The number of nitrogens with zero attached hydrogens (tertiary/aromatic N) is 4. The first-order valence-corrected chi connectivity index (χ1v) is 13.7. The van der Waals surface area contributed by atoms with Crippen LogP contribution in [0.3, 0.4) is 0 Å². The van der Waals surface area contributed by atoms with Crippen LogP contribution in [-0.2, 0) is 19.5 Å². The Balaban J connectivity index is 1.22. The molecule has 3 aromatic rings. The molecule has 34 heavy (non-hydrogen) atoms. The lowest BCUT2D eigenvalue weighted by atomic mass is 9.87. The quantitative estimate of drug-likeness (QED) is 0.488. The van der Waals surface area contributed by atoms with Crippen LogP contribution in [0.15, 0.2) is 30.7 Å². The molecular weight excluding hydrogens is 454 g/mol. The van der Waals surface area contributed by atoms with E-state index in [0.717, 1.165) is 55.3 Å². The van der Waals surface area contributed by atoms with Crippen molar-refractivity contribution in [3.63, 3.8) is 0 Å². The van der Waals surface area contributed by atoms with Gasteiger partial charge in [-0.15, -0.1) is 0 Å². The van der Waals surface area contributed by atoms with Gasteiger partial charge in [0.15, 0.2) is 5.65 Å². The number of nitrogens with one attached hydrogen (secondary N) is 1. The molecule has 9 nitrogen and oxygen atoms in total. The number of H-pyrrole nitrogens is 1. The SMILES string of the molecule is COCCOC1CCCN(S(=O)(=O)CN2CCC(c3cc[nH]c4cnc5nccc5c34)CC2)C1. The van der Waals surface area contributed by atoms with Crippen molar-refractivity contribution < 1.29 is 17.9 Å². The standard InChI is InChI=1S/C24H33N5O4S/c1-32-13-14-33-19-3-2-10-29(16-19)34(30,31)17-28-11-6-18(7-12-28)20-4-8-25-22-15-27-24-21(23(20)22)5-9-26-24/h4-5,8-9,15,18-19,25H,2-3,6-7,10-14,16-17H2,1H3. The van der Waals surface area contributed by atoms with Crippen LogP contribution >= 0.6 is 0 Å². The molecule has 2 aliphatic rings. The van der Waals surface area contributed by atoms with Crippen LogP contribution in [-0.4, -0.2) is 91.1 Å². The number of hydrogen-bond donors (Lipinski definition) is 1. The van der Waals surface area contributed by atoms with E-state index in [1.807, 2.05) is 18.5 Å². The van der Waals surface area contributed by atoms with Crippen molar-refractivity contribution in [3.05, 3.63) is 36.3 Å². The van der Waals surface area contributed by atoms with Gasteiger partial charge in [-0.05, 0) is 62.4 Å². The van der Waals surface area contributed by atoms with Gasteiger partial charge in [0.2, 0.25) is 10.0 Å². The maximum Gasteiger partial charge on any atom is 0.227 e. The highest BCUT2D eigenvalue weighted by molar-refractivity contribution is 7.89. The average molecular weight is 488 g/mol. The highest BCUT2D eigenvalue weighted by Gasteiger charge is 2.32. The summed E-state index contributed by atoms with van der Waals surface area (Å²) in [5.74, 6) is 0.458. The summed E-state index contributed by atoms with van der Waals surface area (Å²) in [4.78, 5) is 14.2. The molecule has 0 spiro atoms. The van der Waals surface area contributed by atoms with E-state index in [9.17, 15) is 8.42 Å². The summed E-state index contributed by atoms with van der Waals surface area (Å²) in [7, 11) is -1.72. The van der Waals surface area contributed by atoms with Gasteiger partial charge in [0.1, 0.15) is 5.88 Å². The van der Waals surface area contributed by atoms with E-state index in [4.69, 9.17) is 9.47 Å². The maximum atomic E-state index is 13.2. The summed E-state index contributed by atoms with van der Waals surface area (Å²) in [6.45, 7) is 3.56. The molecule has 10 heteroatoms. The summed E-state index contributed by atoms with van der Waals surface area (Å²) >= 11 is 0. The number of pyridine rings is 2. The number of likely N-dealkylation sites (tertiary alicyclic amines) is 1. The molecule has 0 saturated carbocycles. The van der Waals surface area contributed by atoms with Gasteiger partial charge in [-0.25, -0.2) is 18.4 Å². The summed E-state index contributed by atoms with van der Waals surface area (Å²) in [6.07, 6.45) is 9.15. The van der Waals surface area contributed by atoms with Crippen molar-refractivity contribution in [2.45, 2.75) is 37.7 Å². The van der Waals surface area contributed by atoms with E-state index in [1.54, 1.807) is 17.6 Å². The molecule has 3 aromatic heterocycles. The minimum atomic E-state index is -3.36. The molecular formula is C24H33N5O4S. The number of piperidine rings is 2. The Morgan fingerprint density at radius 2 is 1.97 bits per heavy atom. The lowest BCUT2D eigenvalue weighted by Crippen LogP contribution is -2.48. The Morgan fingerprint density at radius 1 is 1.12 bits per heavy atom.